The van der Waals surface area contributed by atoms with Gasteiger partial charge in [0.1, 0.15) is 22.3 Å². The first-order valence-corrected chi connectivity index (χ1v) is 8.53. The van der Waals surface area contributed by atoms with Crippen molar-refractivity contribution >= 4 is 27.5 Å². The first-order chi connectivity index (χ1) is 11.8. The molecule has 0 fully saturated rings. The number of aryl methyl sites for hydroxylation is 3. The van der Waals surface area contributed by atoms with E-state index in [1.807, 2.05) is 20.8 Å². The monoisotopic (exact) mass is 361 g/mol. The highest BCUT2D eigenvalue weighted by molar-refractivity contribution is 7.20. The maximum Gasteiger partial charge on any atom is 0.264 e. The fourth-order valence-corrected chi connectivity index (χ4v) is 4.10. The van der Waals surface area contributed by atoms with Crippen LogP contribution in [0.5, 0.6) is 0 Å². The number of hydrogen-bond acceptors (Lipinski definition) is 4. The third kappa shape index (κ3) is 3.24. The Hall–Kier alpha value is -2.41. The van der Waals surface area contributed by atoms with Crippen molar-refractivity contribution in [2.45, 2.75) is 27.3 Å². The average molecular weight is 361 g/mol. The molecule has 0 atom stereocenters. The average Bonchev–Trinajstić information content (AvgIpc) is 2.86. The minimum Gasteiger partial charge on any atom is -0.337 e. The molecule has 0 unspecified atom stereocenters. The van der Waals surface area contributed by atoms with Gasteiger partial charge in [-0.1, -0.05) is 6.07 Å². The third-order valence-corrected chi connectivity index (χ3v) is 5.22. The summed E-state index contributed by atoms with van der Waals surface area (Å²) < 4.78 is 26.8. The zero-order valence-corrected chi connectivity index (χ0v) is 15.2. The van der Waals surface area contributed by atoms with Crippen molar-refractivity contribution in [3.63, 3.8) is 0 Å². The maximum atomic E-state index is 13.8. The molecule has 0 saturated heterocycles. The zero-order chi connectivity index (χ0) is 18.3. The summed E-state index contributed by atoms with van der Waals surface area (Å²) in [5.41, 5.74) is 1.93. The molecule has 0 bridgehead atoms. The van der Waals surface area contributed by atoms with Crippen LogP contribution in [0.15, 0.2) is 18.2 Å². The Kier molecular flexibility index (Phi) is 4.51. The van der Waals surface area contributed by atoms with E-state index in [1.54, 1.807) is 7.05 Å². The number of benzene rings is 1. The Bertz CT molecular complexity index is 984. The van der Waals surface area contributed by atoms with Crippen LogP contribution in [0.3, 0.4) is 0 Å². The number of carbonyl (C=O) groups is 1. The van der Waals surface area contributed by atoms with E-state index in [0.29, 0.717) is 10.7 Å². The summed E-state index contributed by atoms with van der Waals surface area (Å²) in [6.45, 7) is 5.63. The molecule has 130 valence electrons. The number of nitrogens with zero attached hydrogens (tertiary/aromatic N) is 3. The summed E-state index contributed by atoms with van der Waals surface area (Å²) in [4.78, 5) is 24.3. The van der Waals surface area contributed by atoms with Gasteiger partial charge in [0, 0.05) is 36.3 Å². The number of aromatic nitrogens is 2. The fourth-order valence-electron chi connectivity index (χ4n) is 2.83. The first-order valence-electron chi connectivity index (χ1n) is 7.71. The molecule has 4 nitrogen and oxygen atoms in total. The highest BCUT2D eigenvalue weighted by atomic mass is 32.1. The fraction of sp³-hybridized carbons (Fsp3) is 0.278. The molecule has 0 spiro atoms. The molecule has 2 heterocycles. The predicted molar refractivity (Wildman–Crippen MR) is 93.8 cm³/mol. The Labute approximate surface area is 148 Å². The molecule has 3 rings (SSSR count). The lowest BCUT2D eigenvalue weighted by Gasteiger charge is -2.17. The Morgan fingerprint density at radius 2 is 1.92 bits per heavy atom. The van der Waals surface area contributed by atoms with Crippen LogP contribution in [0.25, 0.3) is 10.2 Å². The molecule has 2 aromatic heterocycles. The predicted octanol–water partition coefficient (Wildman–Crippen LogP) is 4.17. The minimum absolute atomic E-state index is 0.0579. The van der Waals surface area contributed by atoms with Gasteiger partial charge in [0.05, 0.1) is 4.88 Å². The second kappa shape index (κ2) is 6.48. The minimum atomic E-state index is -0.662. The molecular weight excluding hydrogens is 344 g/mol. The Morgan fingerprint density at radius 3 is 2.60 bits per heavy atom. The Morgan fingerprint density at radius 1 is 1.20 bits per heavy atom. The normalized spacial score (nSPS) is 11.1. The molecule has 0 radical (unpaired) electrons. The molecule has 1 amide bonds. The molecule has 0 saturated carbocycles. The first kappa shape index (κ1) is 17.4. The number of amides is 1. The molecule has 7 heteroatoms. The Balaban J connectivity index is 1.93. The molecule has 3 aromatic rings. The zero-order valence-electron chi connectivity index (χ0n) is 14.4. The van der Waals surface area contributed by atoms with Gasteiger partial charge < -0.3 is 4.90 Å². The van der Waals surface area contributed by atoms with Crippen molar-refractivity contribution < 1.29 is 13.6 Å². The molecule has 0 aliphatic rings. The number of fused-ring (bicyclic) bond motifs is 1. The highest BCUT2D eigenvalue weighted by Gasteiger charge is 2.22. The lowest BCUT2D eigenvalue weighted by atomic mass is 10.1. The maximum absolute atomic E-state index is 13.8. The topological polar surface area (TPSA) is 46.1 Å². The van der Waals surface area contributed by atoms with Crippen LogP contribution in [-0.2, 0) is 6.54 Å². The van der Waals surface area contributed by atoms with Crippen molar-refractivity contribution in [1.82, 2.24) is 14.9 Å². The van der Waals surface area contributed by atoms with Crippen LogP contribution in [0.2, 0.25) is 0 Å². The van der Waals surface area contributed by atoms with Crippen LogP contribution in [0.4, 0.5) is 8.78 Å². The summed E-state index contributed by atoms with van der Waals surface area (Å²) in [6, 6.07) is 3.36. The van der Waals surface area contributed by atoms with E-state index >= 15 is 0 Å². The van der Waals surface area contributed by atoms with Crippen LogP contribution >= 0.6 is 11.3 Å². The summed E-state index contributed by atoms with van der Waals surface area (Å²) in [6.07, 6.45) is 0. The van der Waals surface area contributed by atoms with Gasteiger partial charge >= 0.3 is 0 Å². The lowest BCUT2D eigenvalue weighted by molar-refractivity contribution is 0.0788. The molecule has 0 N–H and O–H groups in total. The SMILES string of the molecule is Cc1nc(C)c2c(C)c(C(=O)N(C)Cc3ccc(F)cc3F)sc2n1. The van der Waals surface area contributed by atoms with Crippen LogP contribution in [0.1, 0.15) is 32.3 Å². The van der Waals surface area contributed by atoms with E-state index < -0.39 is 11.6 Å². The van der Waals surface area contributed by atoms with Gasteiger partial charge in [0.15, 0.2) is 0 Å². The van der Waals surface area contributed by atoms with Gasteiger partial charge in [-0.2, -0.15) is 0 Å². The van der Waals surface area contributed by atoms with Crippen molar-refractivity contribution in [2.24, 2.45) is 0 Å². The van der Waals surface area contributed by atoms with Crippen LogP contribution in [-0.4, -0.2) is 27.8 Å². The lowest BCUT2D eigenvalue weighted by Crippen LogP contribution is -2.26. The summed E-state index contributed by atoms with van der Waals surface area (Å²) in [5.74, 6) is -0.863. The van der Waals surface area contributed by atoms with Crippen molar-refractivity contribution in [2.75, 3.05) is 7.05 Å². The van der Waals surface area contributed by atoms with E-state index in [4.69, 9.17) is 0 Å². The van der Waals surface area contributed by atoms with Gasteiger partial charge in [0.2, 0.25) is 0 Å². The van der Waals surface area contributed by atoms with Crippen LogP contribution < -0.4 is 0 Å². The van der Waals surface area contributed by atoms with Crippen LogP contribution in [0, 0.1) is 32.4 Å². The molecular formula is C18H17F2N3OS. The number of carbonyl (C=O) groups excluding carboxylic acids is 1. The van der Waals surface area contributed by atoms with E-state index in [1.165, 1.54) is 28.4 Å². The second-order valence-corrected chi connectivity index (χ2v) is 6.99. The third-order valence-electron chi connectivity index (χ3n) is 4.05. The largest absolute Gasteiger partial charge is 0.337 e. The van der Waals surface area contributed by atoms with Gasteiger partial charge in [-0.25, -0.2) is 18.7 Å². The van der Waals surface area contributed by atoms with E-state index in [-0.39, 0.29) is 18.0 Å². The molecule has 25 heavy (non-hydrogen) atoms. The van der Waals surface area contributed by atoms with Gasteiger partial charge in [0.25, 0.3) is 5.91 Å². The van der Waals surface area contributed by atoms with Gasteiger partial charge in [-0.05, 0) is 32.4 Å². The van der Waals surface area contributed by atoms with Crippen molar-refractivity contribution in [3.8, 4) is 0 Å². The smallest absolute Gasteiger partial charge is 0.264 e. The van der Waals surface area contributed by atoms with E-state index in [2.05, 4.69) is 9.97 Å². The summed E-state index contributed by atoms with van der Waals surface area (Å²) in [5, 5.41) is 0.889. The molecule has 0 aliphatic carbocycles. The van der Waals surface area contributed by atoms with Gasteiger partial charge in [-0.3, -0.25) is 4.79 Å². The van der Waals surface area contributed by atoms with Crippen molar-refractivity contribution in [3.05, 3.63) is 57.4 Å². The number of thiophene rings is 1. The number of halogens is 2. The second-order valence-electron chi connectivity index (χ2n) is 5.99. The highest BCUT2D eigenvalue weighted by Crippen LogP contribution is 2.32. The molecule has 0 aliphatic heterocycles. The standard InChI is InChI=1S/C18H17F2N3OS/c1-9-15-10(2)21-11(3)22-17(15)25-16(9)18(24)23(4)8-12-5-6-13(19)7-14(12)20/h5-7H,8H2,1-4H3. The van der Waals surface area contributed by atoms with E-state index in [9.17, 15) is 13.6 Å². The summed E-state index contributed by atoms with van der Waals surface area (Å²) >= 11 is 1.31. The summed E-state index contributed by atoms with van der Waals surface area (Å²) in [7, 11) is 1.60. The molecule has 1 aromatic carbocycles. The number of hydrogen-bond donors (Lipinski definition) is 0. The van der Waals surface area contributed by atoms with Crippen molar-refractivity contribution in [1.29, 1.82) is 0 Å². The van der Waals surface area contributed by atoms with Gasteiger partial charge in [-0.15, -0.1) is 11.3 Å². The quantitative estimate of drug-likeness (QED) is 0.703. The number of rotatable bonds is 3. The van der Waals surface area contributed by atoms with E-state index in [0.717, 1.165) is 27.5 Å².